The summed E-state index contributed by atoms with van der Waals surface area (Å²) in [6.07, 6.45) is 3.41. The molecular formula is C22H26FNO3. The highest BCUT2D eigenvalue weighted by atomic mass is 19.1. The quantitative estimate of drug-likeness (QED) is 0.811. The van der Waals surface area contributed by atoms with E-state index in [9.17, 15) is 9.18 Å². The lowest BCUT2D eigenvalue weighted by Crippen LogP contribution is -2.43. The molecule has 27 heavy (non-hydrogen) atoms. The molecular weight excluding hydrogens is 345 g/mol. The third kappa shape index (κ3) is 3.77. The fourth-order valence-corrected chi connectivity index (χ4v) is 3.95. The van der Waals surface area contributed by atoms with Crippen molar-refractivity contribution in [2.75, 3.05) is 14.2 Å². The van der Waals surface area contributed by atoms with Crippen molar-refractivity contribution in [2.24, 2.45) is 0 Å². The molecule has 0 radical (unpaired) electrons. The maximum absolute atomic E-state index is 13.8. The average Bonchev–Trinajstić information content (AvgIpc) is 3.18. The van der Waals surface area contributed by atoms with Crippen LogP contribution in [-0.4, -0.2) is 20.1 Å². The lowest BCUT2D eigenvalue weighted by Gasteiger charge is -2.30. The summed E-state index contributed by atoms with van der Waals surface area (Å²) in [5.41, 5.74) is 1.03. The van der Waals surface area contributed by atoms with Crippen molar-refractivity contribution < 1.29 is 18.7 Å². The van der Waals surface area contributed by atoms with Crippen molar-refractivity contribution in [1.82, 2.24) is 5.32 Å². The molecule has 1 atom stereocenters. The van der Waals surface area contributed by atoms with Crippen molar-refractivity contribution in [3.05, 3.63) is 59.4 Å². The van der Waals surface area contributed by atoms with Crippen LogP contribution in [-0.2, 0) is 10.2 Å². The van der Waals surface area contributed by atoms with E-state index in [0.29, 0.717) is 11.5 Å². The van der Waals surface area contributed by atoms with Crippen molar-refractivity contribution in [1.29, 1.82) is 0 Å². The first-order chi connectivity index (χ1) is 13.0. The molecule has 0 aromatic heterocycles. The predicted molar refractivity (Wildman–Crippen MR) is 103 cm³/mol. The van der Waals surface area contributed by atoms with Gasteiger partial charge in [-0.3, -0.25) is 4.79 Å². The van der Waals surface area contributed by atoms with Gasteiger partial charge in [-0.25, -0.2) is 4.39 Å². The van der Waals surface area contributed by atoms with Gasteiger partial charge in [-0.05, 0) is 55.2 Å². The summed E-state index contributed by atoms with van der Waals surface area (Å²) in [7, 11) is 3.17. The van der Waals surface area contributed by atoms with Crippen molar-refractivity contribution in [2.45, 2.75) is 44.1 Å². The van der Waals surface area contributed by atoms with Crippen molar-refractivity contribution in [3.8, 4) is 11.5 Å². The van der Waals surface area contributed by atoms with Crippen LogP contribution >= 0.6 is 0 Å². The van der Waals surface area contributed by atoms with Gasteiger partial charge in [0.1, 0.15) is 5.82 Å². The van der Waals surface area contributed by atoms with Gasteiger partial charge in [0.25, 0.3) is 0 Å². The van der Waals surface area contributed by atoms with Gasteiger partial charge in [0.15, 0.2) is 11.5 Å². The molecule has 4 nitrogen and oxygen atoms in total. The summed E-state index contributed by atoms with van der Waals surface area (Å²) in [5.74, 6) is 0.913. The molecule has 0 aliphatic heterocycles. The predicted octanol–water partition coefficient (Wildman–Crippen LogP) is 4.53. The van der Waals surface area contributed by atoms with E-state index in [4.69, 9.17) is 9.47 Å². The van der Waals surface area contributed by atoms with E-state index in [1.54, 1.807) is 20.3 Å². The van der Waals surface area contributed by atoms with Crippen LogP contribution in [0.3, 0.4) is 0 Å². The number of ether oxygens (including phenoxy) is 2. The monoisotopic (exact) mass is 371 g/mol. The molecule has 3 rings (SSSR count). The Bertz CT molecular complexity index is 815. The summed E-state index contributed by atoms with van der Waals surface area (Å²) in [4.78, 5) is 13.3. The van der Waals surface area contributed by atoms with E-state index in [2.05, 4.69) is 5.32 Å². The van der Waals surface area contributed by atoms with Gasteiger partial charge in [-0.2, -0.15) is 0 Å². The normalized spacial score (nSPS) is 16.6. The van der Waals surface area contributed by atoms with Crippen LogP contribution in [0.5, 0.6) is 11.5 Å². The van der Waals surface area contributed by atoms with Crippen LogP contribution in [0.4, 0.5) is 4.39 Å². The second-order valence-corrected chi connectivity index (χ2v) is 7.11. The van der Waals surface area contributed by atoms with Gasteiger partial charge in [0.05, 0.1) is 25.7 Å². The maximum atomic E-state index is 13.8. The Morgan fingerprint density at radius 2 is 1.78 bits per heavy atom. The molecule has 0 bridgehead atoms. The van der Waals surface area contributed by atoms with Crippen LogP contribution in [0, 0.1) is 5.82 Å². The number of hydrogen-bond acceptors (Lipinski definition) is 3. The first-order valence-electron chi connectivity index (χ1n) is 9.29. The second kappa shape index (κ2) is 7.99. The van der Waals surface area contributed by atoms with Crippen LogP contribution in [0.25, 0.3) is 0 Å². The smallest absolute Gasteiger partial charge is 0.231 e. The molecule has 144 valence electrons. The van der Waals surface area contributed by atoms with Gasteiger partial charge < -0.3 is 14.8 Å². The van der Waals surface area contributed by atoms with E-state index in [0.717, 1.165) is 36.8 Å². The van der Waals surface area contributed by atoms with Crippen LogP contribution in [0.15, 0.2) is 42.5 Å². The Morgan fingerprint density at radius 3 is 2.41 bits per heavy atom. The van der Waals surface area contributed by atoms with Crippen LogP contribution < -0.4 is 14.8 Å². The van der Waals surface area contributed by atoms with Gasteiger partial charge in [0, 0.05) is 0 Å². The second-order valence-electron chi connectivity index (χ2n) is 7.11. The van der Waals surface area contributed by atoms with E-state index in [1.807, 2.05) is 31.2 Å². The number of rotatable bonds is 6. The molecule has 1 unspecified atom stereocenters. The molecule has 2 aromatic rings. The summed E-state index contributed by atoms with van der Waals surface area (Å²) in [6, 6.07) is 11.8. The Kier molecular flexibility index (Phi) is 5.68. The number of halogens is 1. The number of carbonyl (C=O) groups is 1. The van der Waals surface area contributed by atoms with Gasteiger partial charge >= 0.3 is 0 Å². The number of carbonyl (C=O) groups excluding carboxylic acids is 1. The first-order valence-corrected chi connectivity index (χ1v) is 9.29. The fraction of sp³-hybridized carbons (Fsp3) is 0.409. The number of hydrogen-bond donors (Lipinski definition) is 1. The summed E-state index contributed by atoms with van der Waals surface area (Å²) in [5, 5.41) is 3.13. The SMILES string of the molecule is COc1ccc(C(C)NC(=O)C2(c3cccc(F)c3)CCCC2)cc1OC. The summed E-state index contributed by atoms with van der Waals surface area (Å²) in [6.45, 7) is 1.94. The molecule has 1 N–H and O–H groups in total. The first kappa shape index (κ1) is 19.2. The standard InChI is InChI=1S/C22H26FNO3/c1-15(16-9-10-19(26-2)20(13-16)27-3)24-21(25)22(11-4-5-12-22)17-7-6-8-18(23)14-17/h6-10,13-15H,4-5,11-12H2,1-3H3,(H,24,25). The molecule has 1 aliphatic rings. The van der Waals surface area contributed by atoms with Crippen LogP contribution in [0.2, 0.25) is 0 Å². The third-order valence-corrected chi connectivity index (χ3v) is 5.52. The van der Waals surface area contributed by atoms with E-state index in [-0.39, 0.29) is 17.8 Å². The topological polar surface area (TPSA) is 47.6 Å². The lowest BCUT2D eigenvalue weighted by molar-refractivity contribution is -0.127. The zero-order valence-electron chi connectivity index (χ0n) is 16.0. The molecule has 5 heteroatoms. The Labute approximate surface area is 159 Å². The molecule has 1 fully saturated rings. The Morgan fingerprint density at radius 1 is 1.07 bits per heavy atom. The van der Waals surface area contributed by atoms with E-state index < -0.39 is 5.41 Å². The maximum Gasteiger partial charge on any atom is 0.231 e. The van der Waals surface area contributed by atoms with Gasteiger partial charge in [-0.15, -0.1) is 0 Å². The molecule has 2 aromatic carbocycles. The van der Waals surface area contributed by atoms with Gasteiger partial charge in [-0.1, -0.05) is 31.0 Å². The van der Waals surface area contributed by atoms with Crippen LogP contribution in [0.1, 0.15) is 49.8 Å². The minimum Gasteiger partial charge on any atom is -0.493 e. The highest BCUT2D eigenvalue weighted by Gasteiger charge is 2.43. The van der Waals surface area contributed by atoms with Crippen molar-refractivity contribution >= 4 is 5.91 Å². The van der Waals surface area contributed by atoms with Crippen molar-refractivity contribution in [3.63, 3.8) is 0 Å². The van der Waals surface area contributed by atoms with Gasteiger partial charge in [0.2, 0.25) is 5.91 Å². The average molecular weight is 371 g/mol. The Balaban J connectivity index is 1.84. The number of benzene rings is 2. The zero-order chi connectivity index (χ0) is 19.4. The van der Waals surface area contributed by atoms with E-state index in [1.165, 1.54) is 12.1 Å². The highest BCUT2D eigenvalue weighted by molar-refractivity contribution is 5.89. The fourth-order valence-electron chi connectivity index (χ4n) is 3.95. The molecule has 1 amide bonds. The lowest BCUT2D eigenvalue weighted by atomic mass is 9.77. The van der Waals surface area contributed by atoms with E-state index >= 15 is 0 Å². The molecule has 0 saturated heterocycles. The molecule has 0 spiro atoms. The summed E-state index contributed by atoms with van der Waals surface area (Å²) < 4.78 is 24.4. The number of nitrogens with one attached hydrogen (secondary N) is 1. The third-order valence-electron chi connectivity index (χ3n) is 5.52. The highest BCUT2D eigenvalue weighted by Crippen LogP contribution is 2.42. The molecule has 1 saturated carbocycles. The number of amides is 1. The largest absolute Gasteiger partial charge is 0.493 e. The summed E-state index contributed by atoms with van der Waals surface area (Å²) >= 11 is 0. The number of methoxy groups -OCH3 is 2. The molecule has 1 aliphatic carbocycles. The Hall–Kier alpha value is -2.56. The minimum absolute atomic E-state index is 0.0483. The zero-order valence-corrected chi connectivity index (χ0v) is 16.0. The molecule has 0 heterocycles. The minimum atomic E-state index is -0.660.